The third kappa shape index (κ3) is 8.75. The summed E-state index contributed by atoms with van der Waals surface area (Å²) in [4.78, 5) is 47.4. The van der Waals surface area contributed by atoms with Gasteiger partial charge in [0.1, 0.15) is 12.1 Å². The zero-order chi connectivity index (χ0) is 31.1. The van der Waals surface area contributed by atoms with Crippen LogP contribution in [0.5, 0.6) is 0 Å². The molecule has 1 aromatic heterocycles. The Balaban J connectivity index is 1.64. The number of aliphatic hydroxyl groups excluding tert-OH is 1. The van der Waals surface area contributed by atoms with Crippen LogP contribution >= 0.6 is 11.3 Å². The molecule has 0 saturated carbocycles. The van der Waals surface area contributed by atoms with Crippen molar-refractivity contribution in [3.05, 3.63) is 82.6 Å². The quantitative estimate of drug-likeness (QED) is 0.322. The molecule has 43 heavy (non-hydrogen) atoms. The van der Waals surface area contributed by atoms with Gasteiger partial charge in [-0.05, 0) is 67.0 Å². The van der Waals surface area contributed by atoms with Crippen molar-refractivity contribution in [1.82, 2.24) is 14.7 Å². The lowest BCUT2D eigenvalue weighted by Crippen LogP contribution is -2.57. The molecule has 3 amide bonds. The van der Waals surface area contributed by atoms with Gasteiger partial charge in [-0.2, -0.15) is 0 Å². The van der Waals surface area contributed by atoms with Crippen LogP contribution in [-0.2, 0) is 27.2 Å². The Kier molecular flexibility index (Phi) is 10.8. The first-order valence-corrected chi connectivity index (χ1v) is 15.8. The van der Waals surface area contributed by atoms with Crippen LogP contribution in [0.25, 0.3) is 10.8 Å². The van der Waals surface area contributed by atoms with Crippen LogP contribution in [0.2, 0.25) is 0 Å². The zero-order valence-electron chi connectivity index (χ0n) is 25.6. The molecule has 0 spiro atoms. The summed E-state index contributed by atoms with van der Waals surface area (Å²) in [6.07, 6.45) is 5.02. The van der Waals surface area contributed by atoms with Gasteiger partial charge in [-0.15, -0.1) is 11.3 Å². The Labute approximate surface area is 258 Å². The average molecular weight is 605 g/mol. The second-order valence-electron chi connectivity index (χ2n) is 12.3. The predicted molar refractivity (Wildman–Crippen MR) is 173 cm³/mol. The molecule has 230 valence electrons. The van der Waals surface area contributed by atoms with E-state index in [4.69, 9.17) is 5.73 Å². The van der Waals surface area contributed by atoms with Crippen LogP contribution in [0.3, 0.4) is 0 Å². The van der Waals surface area contributed by atoms with Crippen molar-refractivity contribution in [3.8, 4) is 0 Å². The molecule has 0 aliphatic carbocycles. The molecule has 8 nitrogen and oxygen atoms in total. The van der Waals surface area contributed by atoms with Crippen LogP contribution in [0.15, 0.2) is 72.1 Å². The first-order valence-electron chi connectivity index (χ1n) is 14.9. The fourth-order valence-corrected chi connectivity index (χ4v) is 6.15. The van der Waals surface area contributed by atoms with E-state index in [1.54, 1.807) is 36.4 Å². The van der Waals surface area contributed by atoms with E-state index < -0.39 is 23.7 Å². The number of hydrogen-bond acceptors (Lipinski definition) is 6. The highest BCUT2D eigenvalue weighted by atomic mass is 32.1. The summed E-state index contributed by atoms with van der Waals surface area (Å²) in [6.45, 7) is 4.68. The number of carbonyl (C=O) groups excluding carboxylic acids is 3. The summed E-state index contributed by atoms with van der Waals surface area (Å²) in [5.74, 6) is -0.744. The summed E-state index contributed by atoms with van der Waals surface area (Å²) >= 11 is 1.55. The molecule has 2 atom stereocenters. The maximum atomic E-state index is 14.4. The van der Waals surface area contributed by atoms with Gasteiger partial charge < -0.3 is 25.5 Å². The van der Waals surface area contributed by atoms with Crippen molar-refractivity contribution in [2.75, 3.05) is 27.2 Å². The van der Waals surface area contributed by atoms with Gasteiger partial charge in [0.15, 0.2) is 0 Å². The van der Waals surface area contributed by atoms with Gasteiger partial charge in [0.2, 0.25) is 17.7 Å². The van der Waals surface area contributed by atoms with E-state index in [2.05, 4.69) is 0 Å². The third-order valence-electron chi connectivity index (χ3n) is 8.10. The van der Waals surface area contributed by atoms with Crippen molar-refractivity contribution >= 4 is 39.8 Å². The van der Waals surface area contributed by atoms with Gasteiger partial charge in [-0.3, -0.25) is 14.4 Å². The molecule has 2 aromatic carbocycles. The number of rotatable bonds is 11. The van der Waals surface area contributed by atoms with Crippen molar-refractivity contribution < 1.29 is 19.5 Å². The number of aliphatic hydroxyl groups is 1. The smallest absolute Gasteiger partial charge is 0.246 e. The molecule has 1 aliphatic heterocycles. The van der Waals surface area contributed by atoms with Crippen LogP contribution < -0.4 is 5.73 Å². The van der Waals surface area contributed by atoms with E-state index in [0.29, 0.717) is 45.2 Å². The van der Waals surface area contributed by atoms with Gasteiger partial charge in [0.25, 0.3) is 0 Å². The normalized spacial score (nSPS) is 15.9. The number of likely N-dealkylation sites (N-methyl/N-ethyl adjacent to an activating group) is 2. The molecule has 0 radical (unpaired) electrons. The van der Waals surface area contributed by atoms with E-state index >= 15 is 0 Å². The molecular weight excluding hydrogens is 560 g/mol. The lowest BCUT2D eigenvalue weighted by molar-refractivity contribution is -0.150. The van der Waals surface area contributed by atoms with E-state index in [9.17, 15) is 19.5 Å². The SMILES string of the molecule is CN(C(=O)/C=C/CC(C)(C)N)C(Cc1ccc2ccccc2c1)C(=O)N(C)C(Cc1cccs1)C(=O)N1CCC(O)CC1. The molecular formula is C34H44N4O4S. The number of nitrogens with zero attached hydrogens (tertiary/aromatic N) is 3. The predicted octanol–water partition coefficient (Wildman–Crippen LogP) is 4.01. The van der Waals surface area contributed by atoms with Crippen molar-refractivity contribution in [2.45, 2.75) is 69.7 Å². The number of amides is 3. The Morgan fingerprint density at radius 3 is 2.35 bits per heavy atom. The minimum Gasteiger partial charge on any atom is -0.393 e. The lowest BCUT2D eigenvalue weighted by Gasteiger charge is -2.38. The number of piperidine rings is 1. The van der Waals surface area contributed by atoms with Crippen molar-refractivity contribution in [3.63, 3.8) is 0 Å². The summed E-state index contributed by atoms with van der Waals surface area (Å²) in [5, 5.41) is 14.1. The summed E-state index contributed by atoms with van der Waals surface area (Å²) < 4.78 is 0. The average Bonchev–Trinajstić information content (AvgIpc) is 3.50. The van der Waals surface area contributed by atoms with Gasteiger partial charge >= 0.3 is 0 Å². The maximum absolute atomic E-state index is 14.4. The standard InChI is InChI=1S/C34H44N4O4S/c1-34(2,35)17-7-12-31(40)36(3)29(22-24-13-14-25-9-5-6-10-26(25)21-24)32(41)37(4)30(23-28-11-8-20-43-28)33(42)38-18-15-27(39)16-19-38/h5-14,20-21,27,29-30,39H,15-19,22-23,35H2,1-4H3/b12-7+. The van der Waals surface area contributed by atoms with Gasteiger partial charge in [-0.25, -0.2) is 0 Å². The highest BCUT2D eigenvalue weighted by Gasteiger charge is 2.37. The third-order valence-corrected chi connectivity index (χ3v) is 9.00. The summed E-state index contributed by atoms with van der Waals surface area (Å²) in [6, 6.07) is 16.4. The molecule has 2 unspecified atom stereocenters. The Morgan fingerprint density at radius 2 is 1.70 bits per heavy atom. The Morgan fingerprint density at radius 1 is 1.00 bits per heavy atom. The lowest BCUT2D eigenvalue weighted by atomic mass is 9.98. The fraction of sp³-hybridized carbons (Fsp3) is 0.441. The minimum absolute atomic E-state index is 0.139. The first kappa shape index (κ1) is 32.4. The van der Waals surface area contributed by atoms with E-state index in [1.807, 2.05) is 73.8 Å². The summed E-state index contributed by atoms with van der Waals surface area (Å²) in [7, 11) is 3.30. The molecule has 1 saturated heterocycles. The van der Waals surface area contributed by atoms with Gasteiger partial charge in [0, 0.05) is 50.4 Å². The number of carbonyl (C=O) groups is 3. The maximum Gasteiger partial charge on any atom is 0.246 e. The van der Waals surface area contributed by atoms with Crippen LogP contribution in [0.1, 0.15) is 43.6 Å². The number of hydrogen-bond donors (Lipinski definition) is 2. The van der Waals surface area contributed by atoms with Crippen LogP contribution in [-0.4, -0.2) is 88.4 Å². The zero-order valence-corrected chi connectivity index (χ0v) is 26.4. The first-order chi connectivity index (χ1) is 20.4. The molecule has 0 bridgehead atoms. The van der Waals surface area contributed by atoms with E-state index in [0.717, 1.165) is 21.2 Å². The number of thiophene rings is 1. The topological polar surface area (TPSA) is 107 Å². The Hall–Kier alpha value is -3.53. The molecule has 3 aromatic rings. The van der Waals surface area contributed by atoms with E-state index in [1.165, 1.54) is 15.9 Å². The summed E-state index contributed by atoms with van der Waals surface area (Å²) in [5.41, 5.74) is 6.55. The monoisotopic (exact) mass is 604 g/mol. The highest BCUT2D eigenvalue weighted by Crippen LogP contribution is 2.22. The molecule has 9 heteroatoms. The molecule has 1 aliphatic rings. The number of benzene rings is 2. The molecule has 4 rings (SSSR count). The Bertz CT molecular complexity index is 1420. The van der Waals surface area contributed by atoms with Crippen molar-refractivity contribution in [2.24, 2.45) is 5.73 Å². The van der Waals surface area contributed by atoms with Crippen LogP contribution in [0, 0.1) is 0 Å². The van der Waals surface area contributed by atoms with E-state index in [-0.39, 0.29) is 17.7 Å². The molecule has 2 heterocycles. The van der Waals surface area contributed by atoms with Crippen LogP contribution in [0.4, 0.5) is 0 Å². The number of nitrogens with two attached hydrogens (primary N) is 1. The number of likely N-dealkylation sites (tertiary alicyclic amines) is 1. The second-order valence-corrected chi connectivity index (χ2v) is 13.3. The van der Waals surface area contributed by atoms with Gasteiger partial charge in [-0.1, -0.05) is 54.6 Å². The van der Waals surface area contributed by atoms with Gasteiger partial charge in [0.05, 0.1) is 6.10 Å². The molecule has 3 N–H and O–H groups in total. The fourth-order valence-electron chi connectivity index (χ4n) is 5.41. The highest BCUT2D eigenvalue weighted by molar-refractivity contribution is 7.09. The molecule has 1 fully saturated rings. The van der Waals surface area contributed by atoms with Crippen molar-refractivity contribution in [1.29, 1.82) is 0 Å². The number of fused-ring (bicyclic) bond motifs is 1. The second kappa shape index (κ2) is 14.3. The minimum atomic E-state index is -0.837. The largest absolute Gasteiger partial charge is 0.393 e.